The molecule has 0 saturated heterocycles. The van der Waals surface area contributed by atoms with E-state index < -0.39 is 0 Å². The van der Waals surface area contributed by atoms with Crippen molar-refractivity contribution in [3.8, 4) is 72.4 Å². The zero-order chi connectivity index (χ0) is 52.0. The fourth-order valence-electron chi connectivity index (χ4n) is 14.0. The highest BCUT2D eigenvalue weighted by molar-refractivity contribution is 6.11. The quantitative estimate of drug-likeness (QED) is 0.154. The van der Waals surface area contributed by atoms with Gasteiger partial charge in [-0.05, 0) is 179 Å². The molecule has 0 N–H and O–H groups in total. The van der Waals surface area contributed by atoms with Crippen LogP contribution in [0.15, 0.2) is 243 Å². The summed E-state index contributed by atoms with van der Waals surface area (Å²) in [4.78, 5) is 2.53. The van der Waals surface area contributed by atoms with Gasteiger partial charge in [0.05, 0.1) is 11.0 Å². The van der Waals surface area contributed by atoms with E-state index in [1.807, 2.05) is 0 Å². The number of hydrogen-bond donors (Lipinski definition) is 0. The van der Waals surface area contributed by atoms with E-state index >= 15 is 0 Å². The molecule has 0 atom stereocenters. The number of benzene rings is 11. The topological polar surface area (TPSA) is 8.17 Å². The van der Waals surface area contributed by atoms with E-state index in [4.69, 9.17) is 0 Å². The molecule has 3 aliphatic carbocycles. The summed E-state index contributed by atoms with van der Waals surface area (Å²) in [6.07, 6.45) is 0. The summed E-state index contributed by atoms with van der Waals surface area (Å²) in [5, 5.41) is 2.49. The van der Waals surface area contributed by atoms with Crippen LogP contribution < -0.4 is 4.90 Å². The van der Waals surface area contributed by atoms with Gasteiger partial charge >= 0.3 is 0 Å². The van der Waals surface area contributed by atoms with Crippen molar-refractivity contribution < 1.29 is 0 Å². The normalized spacial score (nSPS) is 14.7. The first-order chi connectivity index (χ1) is 37.5. The molecule has 15 rings (SSSR count). The summed E-state index contributed by atoms with van der Waals surface area (Å²) in [6, 6.07) is 91.2. The second-order valence-corrected chi connectivity index (χ2v) is 23.3. The maximum Gasteiger partial charge on any atom is 0.0541 e. The predicted molar refractivity (Wildman–Crippen MR) is 324 cm³/mol. The average Bonchev–Trinajstić information content (AvgIpc) is 4.31. The van der Waals surface area contributed by atoms with Crippen molar-refractivity contribution in [3.63, 3.8) is 0 Å². The maximum absolute atomic E-state index is 2.59. The molecule has 0 fully saturated rings. The summed E-state index contributed by atoms with van der Waals surface area (Å²) in [7, 11) is 0. The third kappa shape index (κ3) is 6.61. The maximum atomic E-state index is 2.59. The first-order valence-electron chi connectivity index (χ1n) is 27.3. The molecule has 0 amide bonds. The van der Waals surface area contributed by atoms with Crippen LogP contribution >= 0.6 is 0 Å². The van der Waals surface area contributed by atoms with E-state index in [-0.39, 0.29) is 16.2 Å². The Kier molecular flexibility index (Phi) is 9.74. The van der Waals surface area contributed by atoms with Crippen LogP contribution in [0, 0.1) is 0 Å². The van der Waals surface area contributed by atoms with Crippen molar-refractivity contribution in [1.82, 2.24) is 4.57 Å². The lowest BCUT2D eigenvalue weighted by atomic mass is 9.79. The van der Waals surface area contributed by atoms with Gasteiger partial charge in [-0.15, -0.1) is 0 Å². The van der Waals surface area contributed by atoms with Crippen LogP contribution in [0.2, 0.25) is 0 Å². The van der Waals surface area contributed by atoms with Crippen molar-refractivity contribution in [2.45, 2.75) is 57.8 Å². The molecule has 0 radical (unpaired) electrons. The van der Waals surface area contributed by atoms with E-state index in [0.29, 0.717) is 0 Å². The summed E-state index contributed by atoms with van der Waals surface area (Å²) in [5.74, 6) is 0. The first-order valence-corrected chi connectivity index (χ1v) is 27.3. The number of nitrogens with zero attached hydrogens (tertiary/aromatic N) is 2. The van der Waals surface area contributed by atoms with Gasteiger partial charge in [0.2, 0.25) is 0 Å². The highest BCUT2D eigenvalue weighted by atomic mass is 15.1. The molecule has 2 nitrogen and oxygen atoms in total. The van der Waals surface area contributed by atoms with Gasteiger partial charge < -0.3 is 9.47 Å². The molecule has 3 aliphatic rings. The zero-order valence-electron chi connectivity index (χ0n) is 44.5. The van der Waals surface area contributed by atoms with Gasteiger partial charge in [0.25, 0.3) is 0 Å². The largest absolute Gasteiger partial charge is 0.310 e. The van der Waals surface area contributed by atoms with Crippen molar-refractivity contribution in [1.29, 1.82) is 0 Å². The van der Waals surface area contributed by atoms with Gasteiger partial charge in [-0.1, -0.05) is 205 Å². The summed E-state index contributed by atoms with van der Waals surface area (Å²) in [5.41, 5.74) is 29.8. The smallest absolute Gasteiger partial charge is 0.0541 e. The van der Waals surface area contributed by atoms with Crippen molar-refractivity contribution in [2.24, 2.45) is 0 Å². The highest BCUT2D eigenvalue weighted by Crippen LogP contribution is 2.61. The standard InChI is InChI=1S/C75H58N2/c1-73(2)63-30-18-16-27-56(63)57-39-38-53(43-65(57)73)76(52-36-33-48(34-37-52)47-21-10-7-11-22-47)54-42-59(50-35-40-70-60(41-50)58-28-17-19-32-69(58)77(70)51-25-14-9-15-26-51)72-62-46-66-61(45-67(62)75(5,6)68(72)44-54)71-55(49-23-12-8-13-24-49)29-20-31-64(71)74(66,3)4/h7-46H,1-6H3. The number of rotatable bonds is 7. The lowest BCUT2D eigenvalue weighted by molar-refractivity contribution is 0.652. The van der Waals surface area contributed by atoms with Gasteiger partial charge in [-0.25, -0.2) is 0 Å². The monoisotopic (exact) mass is 986 g/mol. The van der Waals surface area contributed by atoms with E-state index in [2.05, 4.69) is 294 Å². The molecule has 12 aromatic rings. The molecule has 2 heteroatoms. The van der Waals surface area contributed by atoms with Gasteiger partial charge in [-0.2, -0.15) is 0 Å². The van der Waals surface area contributed by atoms with E-state index in [0.717, 1.165) is 22.7 Å². The molecule has 0 bridgehead atoms. The third-order valence-corrected chi connectivity index (χ3v) is 18.0. The lowest BCUT2D eigenvalue weighted by Crippen LogP contribution is -2.18. The van der Waals surface area contributed by atoms with Gasteiger partial charge in [0, 0.05) is 49.8 Å². The Balaban J connectivity index is 0.999. The number of anilines is 3. The van der Waals surface area contributed by atoms with Crippen LogP contribution in [0.5, 0.6) is 0 Å². The van der Waals surface area contributed by atoms with E-state index in [1.54, 1.807) is 0 Å². The van der Waals surface area contributed by atoms with Crippen molar-refractivity contribution in [2.75, 3.05) is 4.90 Å². The number of aromatic nitrogens is 1. The Morgan fingerprint density at radius 2 is 0.779 bits per heavy atom. The molecule has 77 heavy (non-hydrogen) atoms. The minimum absolute atomic E-state index is 0.168. The van der Waals surface area contributed by atoms with Crippen LogP contribution in [0.3, 0.4) is 0 Å². The van der Waals surface area contributed by atoms with Crippen molar-refractivity contribution in [3.05, 3.63) is 276 Å². The molecule has 0 spiro atoms. The molecule has 0 aliphatic heterocycles. The molecule has 1 heterocycles. The van der Waals surface area contributed by atoms with Crippen molar-refractivity contribution >= 4 is 38.9 Å². The Hall–Kier alpha value is -8.98. The second-order valence-electron chi connectivity index (χ2n) is 23.3. The predicted octanol–water partition coefficient (Wildman–Crippen LogP) is 20.2. The molecular formula is C75H58N2. The van der Waals surface area contributed by atoms with Gasteiger partial charge in [-0.3, -0.25) is 0 Å². The molecular weight excluding hydrogens is 929 g/mol. The molecule has 0 unspecified atom stereocenters. The second kappa shape index (κ2) is 16.5. The first kappa shape index (κ1) is 45.4. The Morgan fingerprint density at radius 1 is 0.273 bits per heavy atom. The van der Waals surface area contributed by atoms with E-state index in [1.165, 1.54) is 122 Å². The number of hydrogen-bond acceptors (Lipinski definition) is 1. The van der Waals surface area contributed by atoms with E-state index in [9.17, 15) is 0 Å². The van der Waals surface area contributed by atoms with Crippen LogP contribution in [-0.4, -0.2) is 4.57 Å². The summed E-state index contributed by atoms with van der Waals surface area (Å²) >= 11 is 0. The number of fused-ring (bicyclic) bond motifs is 12. The third-order valence-electron chi connectivity index (χ3n) is 18.0. The molecule has 368 valence electrons. The minimum atomic E-state index is -0.350. The van der Waals surface area contributed by atoms with Gasteiger partial charge in [0.15, 0.2) is 0 Å². The fourth-order valence-corrected chi connectivity index (χ4v) is 14.0. The Labute approximate surface area is 452 Å². The fraction of sp³-hybridized carbons (Fsp3) is 0.120. The van der Waals surface area contributed by atoms with Crippen LogP contribution in [0.1, 0.15) is 74.9 Å². The number of para-hydroxylation sites is 2. The zero-order valence-corrected chi connectivity index (χ0v) is 44.5. The minimum Gasteiger partial charge on any atom is -0.310 e. The molecule has 11 aromatic carbocycles. The van der Waals surface area contributed by atoms with Gasteiger partial charge in [0.1, 0.15) is 0 Å². The van der Waals surface area contributed by atoms with Crippen LogP contribution in [0.25, 0.3) is 94.3 Å². The molecule has 0 saturated carbocycles. The highest BCUT2D eigenvalue weighted by Gasteiger charge is 2.44. The Morgan fingerprint density at radius 3 is 1.52 bits per heavy atom. The van der Waals surface area contributed by atoms with Crippen LogP contribution in [0.4, 0.5) is 17.1 Å². The summed E-state index contributed by atoms with van der Waals surface area (Å²) in [6.45, 7) is 14.6. The lowest BCUT2D eigenvalue weighted by Gasteiger charge is -2.30. The Bertz CT molecular complexity index is 4380. The molecule has 1 aromatic heterocycles. The SMILES string of the molecule is CC1(C)c2ccccc2-c2ccc(N(c3ccc(-c4ccccc4)cc3)c3cc(-c4ccc5c(c4)c4ccccc4n5-c4ccccc4)c4c(c3)C(C)(C)c3cc5c(cc3-4)C(C)(C)c3cccc(-c4ccccc4)c3-5)cc21. The summed E-state index contributed by atoms with van der Waals surface area (Å²) < 4.78 is 2.43. The van der Waals surface area contributed by atoms with Crippen LogP contribution in [-0.2, 0) is 16.2 Å². The average molecular weight is 987 g/mol.